The number of fused-ring (bicyclic) bond motifs is 1. The van der Waals surface area contributed by atoms with Crippen molar-refractivity contribution < 1.29 is 14.0 Å². The topological polar surface area (TPSA) is 88.7 Å². The van der Waals surface area contributed by atoms with E-state index in [1.54, 1.807) is 31.3 Å². The highest BCUT2D eigenvalue weighted by Gasteiger charge is 2.51. The van der Waals surface area contributed by atoms with E-state index >= 15 is 0 Å². The third-order valence-corrected chi connectivity index (χ3v) is 5.07. The zero-order valence-corrected chi connectivity index (χ0v) is 15.1. The molecule has 1 atom stereocenters. The van der Waals surface area contributed by atoms with E-state index in [1.165, 1.54) is 33.3 Å². The zero-order chi connectivity index (χ0) is 19.9. The van der Waals surface area contributed by atoms with Crippen LogP contribution in [0.25, 0.3) is 5.65 Å². The number of pyridine rings is 1. The minimum atomic E-state index is -1.24. The minimum absolute atomic E-state index is 0.00258. The summed E-state index contributed by atoms with van der Waals surface area (Å²) in [4.78, 5) is 39.0. The number of aromatic nitrogens is 3. The lowest BCUT2D eigenvalue weighted by atomic mass is 9.87. The molecule has 1 fully saturated rings. The molecular weight excluding hydrogens is 365 g/mol. The first-order valence-electron chi connectivity index (χ1n) is 8.90. The Morgan fingerprint density at radius 3 is 2.50 bits per heavy atom. The number of hydrogen-bond acceptors (Lipinski definition) is 4. The second-order valence-corrected chi connectivity index (χ2v) is 6.59. The Labute approximate surface area is 159 Å². The van der Waals surface area contributed by atoms with Crippen molar-refractivity contribution in [3.05, 3.63) is 70.5 Å². The molecule has 3 aromatic rings. The lowest BCUT2D eigenvalue weighted by molar-refractivity contribution is -0.131. The van der Waals surface area contributed by atoms with Gasteiger partial charge < -0.3 is 5.32 Å². The highest BCUT2D eigenvalue weighted by Crippen LogP contribution is 2.32. The van der Waals surface area contributed by atoms with E-state index in [2.05, 4.69) is 10.4 Å². The number of nitrogens with zero attached hydrogens (tertiary/aromatic N) is 4. The molecule has 0 aliphatic carbocycles. The summed E-state index contributed by atoms with van der Waals surface area (Å²) in [5, 5.41) is 6.94. The van der Waals surface area contributed by atoms with Crippen LogP contribution < -0.4 is 11.0 Å². The first kappa shape index (κ1) is 17.9. The maximum absolute atomic E-state index is 13.3. The Bertz CT molecular complexity index is 1120. The smallest absolute Gasteiger partial charge is 0.319 e. The van der Waals surface area contributed by atoms with Gasteiger partial charge in [0.1, 0.15) is 11.4 Å². The molecule has 1 unspecified atom stereocenters. The van der Waals surface area contributed by atoms with E-state index in [0.717, 1.165) is 4.90 Å². The van der Waals surface area contributed by atoms with E-state index in [9.17, 15) is 18.8 Å². The monoisotopic (exact) mass is 383 g/mol. The molecule has 9 heteroatoms. The van der Waals surface area contributed by atoms with Crippen molar-refractivity contribution in [3.8, 4) is 0 Å². The van der Waals surface area contributed by atoms with Gasteiger partial charge in [0.15, 0.2) is 5.65 Å². The number of rotatable bonds is 5. The van der Waals surface area contributed by atoms with Crippen molar-refractivity contribution in [2.45, 2.75) is 25.4 Å². The van der Waals surface area contributed by atoms with Gasteiger partial charge in [-0.15, -0.1) is 5.10 Å². The molecule has 4 rings (SSSR count). The number of hydrogen-bond donors (Lipinski definition) is 1. The molecule has 2 aromatic heterocycles. The second kappa shape index (κ2) is 6.59. The lowest BCUT2D eigenvalue weighted by Crippen LogP contribution is -2.43. The molecule has 3 amide bonds. The Kier molecular flexibility index (Phi) is 4.21. The molecular formula is C19H18FN5O3. The predicted octanol–water partition coefficient (Wildman–Crippen LogP) is 1.49. The second-order valence-electron chi connectivity index (χ2n) is 6.59. The molecule has 3 heterocycles. The number of carbonyl (C=O) groups is 2. The van der Waals surface area contributed by atoms with Crippen LogP contribution in [0.3, 0.4) is 0 Å². The minimum Gasteiger partial charge on any atom is -0.319 e. The molecule has 28 heavy (non-hydrogen) atoms. The van der Waals surface area contributed by atoms with E-state index in [0.29, 0.717) is 17.6 Å². The van der Waals surface area contributed by atoms with Crippen LogP contribution in [0.5, 0.6) is 0 Å². The average Bonchev–Trinajstić information content (AvgIpc) is 3.15. The van der Waals surface area contributed by atoms with E-state index in [-0.39, 0.29) is 18.8 Å². The van der Waals surface area contributed by atoms with Crippen LogP contribution in [-0.4, -0.2) is 37.6 Å². The van der Waals surface area contributed by atoms with Gasteiger partial charge >= 0.3 is 11.7 Å². The van der Waals surface area contributed by atoms with Gasteiger partial charge in [-0.3, -0.25) is 14.1 Å². The Hall–Kier alpha value is -3.49. The first-order valence-corrected chi connectivity index (χ1v) is 8.90. The van der Waals surface area contributed by atoms with Crippen LogP contribution in [-0.2, 0) is 16.9 Å². The van der Waals surface area contributed by atoms with Gasteiger partial charge in [0, 0.05) is 6.20 Å². The fourth-order valence-corrected chi connectivity index (χ4v) is 3.51. The van der Waals surface area contributed by atoms with Gasteiger partial charge in [0.2, 0.25) is 0 Å². The average molecular weight is 383 g/mol. The van der Waals surface area contributed by atoms with Crippen molar-refractivity contribution in [1.82, 2.24) is 24.4 Å². The van der Waals surface area contributed by atoms with Gasteiger partial charge in [0.05, 0.1) is 13.1 Å². The number of imide groups is 1. The summed E-state index contributed by atoms with van der Waals surface area (Å²) in [5.74, 6) is -0.849. The molecule has 1 aliphatic rings. The third-order valence-electron chi connectivity index (χ3n) is 5.07. The van der Waals surface area contributed by atoms with Crippen LogP contribution in [0.2, 0.25) is 0 Å². The Balaban J connectivity index is 1.59. The van der Waals surface area contributed by atoms with Crippen molar-refractivity contribution in [2.24, 2.45) is 0 Å². The number of benzene rings is 1. The van der Waals surface area contributed by atoms with Crippen LogP contribution in [0.1, 0.15) is 18.9 Å². The van der Waals surface area contributed by atoms with Crippen LogP contribution >= 0.6 is 0 Å². The summed E-state index contributed by atoms with van der Waals surface area (Å²) in [6, 6.07) is 10.1. The van der Waals surface area contributed by atoms with Crippen LogP contribution in [0.4, 0.5) is 9.18 Å². The van der Waals surface area contributed by atoms with Gasteiger partial charge in [-0.25, -0.2) is 18.7 Å². The Morgan fingerprint density at radius 2 is 1.82 bits per heavy atom. The first-order chi connectivity index (χ1) is 13.5. The number of carbonyl (C=O) groups excluding carboxylic acids is 2. The lowest BCUT2D eigenvalue weighted by Gasteiger charge is -2.25. The fraction of sp³-hybridized carbons (Fsp3) is 0.263. The largest absolute Gasteiger partial charge is 0.350 e. The molecule has 1 saturated heterocycles. The standard InChI is InChI=1S/C19H18FN5O3/c1-2-19(13-6-8-14(20)9-7-13)16(26)24(17(27)21-19)11-12-25-18(28)23-10-4-3-5-15(23)22-25/h3-10H,2,11-12H2,1H3,(H,21,27). The fourth-order valence-electron chi connectivity index (χ4n) is 3.51. The molecule has 1 aliphatic heterocycles. The van der Waals surface area contributed by atoms with E-state index < -0.39 is 23.3 Å². The summed E-state index contributed by atoms with van der Waals surface area (Å²) >= 11 is 0. The molecule has 1 aromatic carbocycles. The molecule has 8 nitrogen and oxygen atoms in total. The number of nitrogens with one attached hydrogen (secondary N) is 1. The summed E-state index contributed by atoms with van der Waals surface area (Å²) in [6.07, 6.45) is 1.92. The molecule has 0 saturated carbocycles. The van der Waals surface area contributed by atoms with Crippen molar-refractivity contribution in [3.63, 3.8) is 0 Å². The Morgan fingerprint density at radius 1 is 1.07 bits per heavy atom. The number of halogens is 1. The third kappa shape index (κ3) is 2.67. The molecule has 0 spiro atoms. The number of amides is 3. The highest BCUT2D eigenvalue weighted by molar-refractivity contribution is 6.07. The SMILES string of the molecule is CCC1(c2ccc(F)cc2)NC(=O)N(CCn2nc3ccccn3c2=O)C1=O. The van der Waals surface area contributed by atoms with Gasteiger partial charge in [0.25, 0.3) is 5.91 Å². The summed E-state index contributed by atoms with van der Waals surface area (Å²) in [5.41, 5.74) is -0.585. The summed E-state index contributed by atoms with van der Waals surface area (Å²) in [7, 11) is 0. The predicted molar refractivity (Wildman–Crippen MR) is 98.1 cm³/mol. The molecule has 0 bridgehead atoms. The van der Waals surface area contributed by atoms with Crippen molar-refractivity contribution in [1.29, 1.82) is 0 Å². The van der Waals surface area contributed by atoms with Crippen molar-refractivity contribution >= 4 is 17.6 Å². The molecule has 0 radical (unpaired) electrons. The zero-order valence-electron chi connectivity index (χ0n) is 15.1. The quantitative estimate of drug-likeness (QED) is 0.676. The summed E-state index contributed by atoms with van der Waals surface area (Å²) < 4.78 is 15.9. The van der Waals surface area contributed by atoms with Gasteiger partial charge in [-0.1, -0.05) is 25.1 Å². The highest BCUT2D eigenvalue weighted by atomic mass is 19.1. The summed E-state index contributed by atoms with van der Waals surface area (Å²) in [6.45, 7) is 1.85. The van der Waals surface area contributed by atoms with E-state index in [1.807, 2.05) is 0 Å². The van der Waals surface area contributed by atoms with Gasteiger partial charge in [-0.2, -0.15) is 0 Å². The number of urea groups is 1. The molecule has 144 valence electrons. The van der Waals surface area contributed by atoms with Crippen LogP contribution in [0, 0.1) is 5.82 Å². The van der Waals surface area contributed by atoms with Crippen molar-refractivity contribution in [2.75, 3.05) is 6.54 Å². The normalized spacial score (nSPS) is 19.4. The maximum atomic E-state index is 13.3. The van der Waals surface area contributed by atoms with Crippen LogP contribution in [0.15, 0.2) is 53.5 Å². The molecule has 1 N–H and O–H groups in total. The van der Waals surface area contributed by atoms with E-state index in [4.69, 9.17) is 0 Å². The van der Waals surface area contributed by atoms with Gasteiger partial charge in [-0.05, 0) is 36.2 Å². The maximum Gasteiger partial charge on any atom is 0.350 e.